The number of fused-ring (bicyclic) bond motifs is 1. The lowest BCUT2D eigenvalue weighted by Gasteiger charge is -2.35. The predicted molar refractivity (Wildman–Crippen MR) is 168 cm³/mol. The molecule has 0 saturated carbocycles. The zero-order valence-electron chi connectivity index (χ0n) is 23.5. The Morgan fingerprint density at radius 3 is 2.37 bits per heavy atom. The van der Waals surface area contributed by atoms with Crippen LogP contribution >= 0.6 is 35.6 Å². The van der Waals surface area contributed by atoms with Crippen LogP contribution in [0, 0.1) is 0 Å². The van der Waals surface area contributed by atoms with E-state index in [0.29, 0.717) is 27.3 Å². The zero-order valence-corrected chi connectivity index (χ0v) is 25.9. The summed E-state index contributed by atoms with van der Waals surface area (Å²) in [5, 5.41) is 3.89. The average molecular weight is 617 g/mol. The number of benzene rings is 3. The number of ether oxygens (including phenoxy) is 1. The van der Waals surface area contributed by atoms with Crippen molar-refractivity contribution >= 4 is 53.1 Å². The highest BCUT2D eigenvalue weighted by Crippen LogP contribution is 2.46. The van der Waals surface area contributed by atoms with E-state index >= 15 is 0 Å². The van der Waals surface area contributed by atoms with Crippen molar-refractivity contribution < 1.29 is 14.3 Å². The second-order valence-corrected chi connectivity index (χ2v) is 11.6. The Bertz CT molecular complexity index is 1390. The van der Waals surface area contributed by atoms with Crippen LogP contribution in [0.4, 0.5) is 5.69 Å². The minimum absolute atomic E-state index is 0. The molecule has 5 rings (SSSR count). The van der Waals surface area contributed by atoms with Crippen LogP contribution in [0.5, 0.6) is 5.75 Å². The number of carbonyl (C=O) groups excluding carboxylic acids is 2. The van der Waals surface area contributed by atoms with Gasteiger partial charge in [-0.15, -0.1) is 12.4 Å². The Morgan fingerprint density at radius 1 is 1.02 bits per heavy atom. The molecule has 2 amide bonds. The van der Waals surface area contributed by atoms with Crippen molar-refractivity contribution in [3.63, 3.8) is 0 Å². The van der Waals surface area contributed by atoms with Crippen molar-refractivity contribution in [1.29, 1.82) is 0 Å². The molecule has 218 valence electrons. The Labute approximate surface area is 258 Å². The third-order valence-corrected chi connectivity index (χ3v) is 9.09. The van der Waals surface area contributed by atoms with Gasteiger partial charge >= 0.3 is 0 Å². The zero-order chi connectivity index (χ0) is 28.4. The van der Waals surface area contributed by atoms with E-state index in [4.69, 9.17) is 27.9 Å². The molecular formula is C32H36Cl3N3O3. The Morgan fingerprint density at radius 2 is 1.73 bits per heavy atom. The summed E-state index contributed by atoms with van der Waals surface area (Å²) < 4.78 is 5.39. The first-order valence-corrected chi connectivity index (χ1v) is 14.5. The molecule has 2 unspecified atom stereocenters. The quantitative estimate of drug-likeness (QED) is 0.284. The van der Waals surface area contributed by atoms with Crippen molar-refractivity contribution in [2.45, 2.75) is 44.1 Å². The second-order valence-electron chi connectivity index (χ2n) is 10.8. The number of piperidine rings is 1. The topological polar surface area (TPSA) is 61.9 Å². The van der Waals surface area contributed by atoms with E-state index in [9.17, 15) is 9.59 Å². The van der Waals surface area contributed by atoms with Gasteiger partial charge in [-0.3, -0.25) is 9.59 Å². The number of carbonyl (C=O) groups is 2. The molecule has 3 aromatic carbocycles. The molecule has 0 spiro atoms. The summed E-state index contributed by atoms with van der Waals surface area (Å²) in [5.74, 6) is 1.19. The minimum atomic E-state index is -0.106. The number of anilines is 1. The number of likely N-dealkylation sites (tertiary alicyclic amines) is 1. The molecule has 1 N–H and O–H groups in total. The van der Waals surface area contributed by atoms with Crippen LogP contribution in [0.1, 0.15) is 71.1 Å². The van der Waals surface area contributed by atoms with Gasteiger partial charge in [0.25, 0.3) is 5.91 Å². The fraction of sp³-hybridized carbons (Fsp3) is 0.375. The van der Waals surface area contributed by atoms with Crippen molar-refractivity contribution in [2.75, 3.05) is 39.1 Å². The predicted octanol–water partition coefficient (Wildman–Crippen LogP) is 7.56. The van der Waals surface area contributed by atoms with E-state index in [1.54, 1.807) is 7.11 Å². The molecule has 41 heavy (non-hydrogen) atoms. The molecule has 0 bridgehead atoms. The molecule has 2 heterocycles. The van der Waals surface area contributed by atoms with Crippen LogP contribution in [0.3, 0.4) is 0 Å². The van der Waals surface area contributed by atoms with E-state index in [2.05, 4.69) is 22.3 Å². The van der Waals surface area contributed by atoms with Gasteiger partial charge in [0, 0.05) is 31.1 Å². The lowest BCUT2D eigenvalue weighted by Crippen LogP contribution is -2.35. The fourth-order valence-corrected chi connectivity index (χ4v) is 6.53. The maximum atomic E-state index is 13.3. The van der Waals surface area contributed by atoms with Crippen molar-refractivity contribution in [3.8, 4) is 5.75 Å². The highest BCUT2D eigenvalue weighted by molar-refractivity contribution is 6.42. The summed E-state index contributed by atoms with van der Waals surface area (Å²) in [6, 6.07) is 19.7. The van der Waals surface area contributed by atoms with Crippen molar-refractivity contribution in [3.05, 3.63) is 93.0 Å². The number of amides is 2. The normalized spacial score (nSPS) is 18.0. The first kappa shape index (κ1) is 31.2. The van der Waals surface area contributed by atoms with E-state index in [1.165, 1.54) is 12.5 Å². The van der Waals surface area contributed by atoms with Gasteiger partial charge in [0.2, 0.25) is 5.91 Å². The van der Waals surface area contributed by atoms with Crippen LogP contribution in [0.15, 0.2) is 60.7 Å². The molecule has 6 nitrogen and oxygen atoms in total. The van der Waals surface area contributed by atoms with Gasteiger partial charge < -0.3 is 19.9 Å². The lowest BCUT2D eigenvalue weighted by molar-refractivity contribution is -0.114. The number of hydrogen-bond donors (Lipinski definition) is 1. The number of likely N-dealkylation sites (N-methyl/N-ethyl adjacent to an activating group) is 1. The smallest absolute Gasteiger partial charge is 0.254 e. The fourth-order valence-electron chi connectivity index (χ4n) is 6.22. The van der Waals surface area contributed by atoms with Crippen LogP contribution in [0.2, 0.25) is 10.0 Å². The Balaban J connectivity index is 0.00000387. The van der Waals surface area contributed by atoms with Crippen LogP contribution < -0.4 is 10.1 Å². The molecule has 0 aromatic heterocycles. The van der Waals surface area contributed by atoms with Crippen LogP contribution in [-0.2, 0) is 4.79 Å². The van der Waals surface area contributed by atoms with Gasteiger partial charge in [-0.2, -0.15) is 0 Å². The third-order valence-electron chi connectivity index (χ3n) is 8.35. The highest BCUT2D eigenvalue weighted by Gasteiger charge is 2.40. The molecule has 3 aromatic rings. The summed E-state index contributed by atoms with van der Waals surface area (Å²) in [5.41, 5.74) is 4.95. The molecule has 1 fully saturated rings. The maximum absolute atomic E-state index is 13.3. The number of rotatable bonds is 8. The third kappa shape index (κ3) is 6.83. The Kier molecular flexibility index (Phi) is 10.2. The number of hydrogen-bond acceptors (Lipinski definition) is 4. The summed E-state index contributed by atoms with van der Waals surface area (Å²) >= 11 is 12.7. The first-order valence-electron chi connectivity index (χ1n) is 13.7. The molecule has 0 aliphatic carbocycles. The average Bonchev–Trinajstić information content (AvgIpc) is 3.20. The van der Waals surface area contributed by atoms with Gasteiger partial charge in [0.1, 0.15) is 5.75 Å². The molecular weight excluding hydrogens is 581 g/mol. The first-order chi connectivity index (χ1) is 19.2. The van der Waals surface area contributed by atoms with Gasteiger partial charge in [-0.25, -0.2) is 0 Å². The van der Waals surface area contributed by atoms with Gasteiger partial charge in [-0.1, -0.05) is 47.5 Å². The molecule has 1 saturated heterocycles. The van der Waals surface area contributed by atoms with Crippen molar-refractivity contribution in [1.82, 2.24) is 9.80 Å². The molecule has 9 heteroatoms. The lowest BCUT2D eigenvalue weighted by atomic mass is 9.84. The standard InChI is InChI=1S/C32H35Cl2N3O3.ClH/c1-20(38)35-24-7-4-21(5-8-24)22-12-15-37(16-13-22)17-14-26(23-6-11-29(33)30(34)18-23)31-27-10-9-25(40-3)19-28(27)32(39)36(31)2;/h4-11,18-19,22,26,31H,12-17H2,1-3H3,(H,35,38);1H. The van der Waals surface area contributed by atoms with E-state index in [-0.39, 0.29) is 36.2 Å². The molecule has 2 aliphatic rings. The number of nitrogens with zero attached hydrogens (tertiary/aromatic N) is 2. The molecule has 0 radical (unpaired) electrons. The minimum Gasteiger partial charge on any atom is -0.497 e. The number of methoxy groups -OCH3 is 1. The number of nitrogens with one attached hydrogen (secondary N) is 1. The van der Waals surface area contributed by atoms with Gasteiger partial charge in [0.05, 0.1) is 23.2 Å². The SMILES string of the molecule is COc1ccc2c(c1)C(=O)N(C)C2C(CCN1CCC(c2ccc(NC(C)=O)cc2)CC1)c1ccc(Cl)c(Cl)c1.Cl. The van der Waals surface area contributed by atoms with E-state index in [1.807, 2.05) is 60.5 Å². The van der Waals surface area contributed by atoms with Gasteiger partial charge in [0.15, 0.2) is 0 Å². The summed E-state index contributed by atoms with van der Waals surface area (Å²) in [6.45, 7) is 4.47. The van der Waals surface area contributed by atoms with Gasteiger partial charge in [-0.05, 0) is 97.9 Å². The maximum Gasteiger partial charge on any atom is 0.254 e. The van der Waals surface area contributed by atoms with Crippen LogP contribution in [-0.4, -0.2) is 55.4 Å². The summed E-state index contributed by atoms with van der Waals surface area (Å²) in [4.78, 5) is 29.0. The van der Waals surface area contributed by atoms with E-state index < -0.39 is 0 Å². The van der Waals surface area contributed by atoms with Crippen LogP contribution in [0.25, 0.3) is 0 Å². The monoisotopic (exact) mass is 615 g/mol. The second kappa shape index (κ2) is 13.5. The Hall–Kier alpha value is -2.77. The molecule has 2 atom stereocenters. The number of halogens is 3. The summed E-state index contributed by atoms with van der Waals surface area (Å²) in [6.07, 6.45) is 3.05. The van der Waals surface area contributed by atoms with E-state index in [0.717, 1.165) is 55.7 Å². The highest BCUT2D eigenvalue weighted by atomic mass is 35.5. The largest absolute Gasteiger partial charge is 0.497 e. The summed E-state index contributed by atoms with van der Waals surface area (Å²) in [7, 11) is 3.50. The molecule has 2 aliphatic heterocycles. The van der Waals surface area contributed by atoms with Crippen molar-refractivity contribution in [2.24, 2.45) is 0 Å².